The van der Waals surface area contributed by atoms with Crippen LogP contribution in [0.15, 0.2) is 29.3 Å². The van der Waals surface area contributed by atoms with E-state index in [0.717, 1.165) is 0 Å². The first-order valence-electron chi connectivity index (χ1n) is 7.93. The van der Waals surface area contributed by atoms with E-state index >= 15 is 0 Å². The summed E-state index contributed by atoms with van der Waals surface area (Å²) in [6.45, 7) is 0. The van der Waals surface area contributed by atoms with Crippen molar-refractivity contribution in [2.45, 2.75) is 24.1 Å². The molecule has 1 aromatic rings. The smallest absolute Gasteiger partial charge is 0.303 e. The molecule has 10 heteroatoms. The van der Waals surface area contributed by atoms with Gasteiger partial charge in [0, 0.05) is 23.4 Å². The van der Waals surface area contributed by atoms with E-state index in [1.54, 1.807) is 29.2 Å². The van der Waals surface area contributed by atoms with E-state index in [0.29, 0.717) is 16.6 Å². The van der Waals surface area contributed by atoms with Crippen molar-refractivity contribution in [3.63, 3.8) is 0 Å². The van der Waals surface area contributed by atoms with Crippen molar-refractivity contribution in [2.75, 3.05) is 23.5 Å². The molecular weight excluding hydrogens is 380 g/mol. The average molecular weight is 398 g/mol. The van der Waals surface area contributed by atoms with Gasteiger partial charge in [0.15, 0.2) is 15.0 Å². The minimum absolute atomic E-state index is 0.00971. The van der Waals surface area contributed by atoms with E-state index < -0.39 is 21.7 Å². The fraction of sp³-hybridized carbons (Fsp3) is 0.438. The van der Waals surface area contributed by atoms with Gasteiger partial charge >= 0.3 is 5.97 Å². The summed E-state index contributed by atoms with van der Waals surface area (Å²) in [5.74, 6) is -0.973. The second-order valence-electron chi connectivity index (χ2n) is 6.05. The number of carbonyl (C=O) groups excluding carboxylic acids is 1. The summed E-state index contributed by atoms with van der Waals surface area (Å²) in [7, 11) is -1.61. The number of benzene rings is 1. The van der Waals surface area contributed by atoms with Gasteiger partial charge in [-0.1, -0.05) is 17.8 Å². The highest BCUT2D eigenvalue weighted by Gasteiger charge is 2.49. The summed E-state index contributed by atoms with van der Waals surface area (Å²) in [4.78, 5) is 28.5. The number of nitrogens with zero attached hydrogens (tertiary/aromatic N) is 2. The van der Waals surface area contributed by atoms with Crippen LogP contribution in [-0.4, -0.2) is 60.5 Å². The number of carbonyl (C=O) groups is 2. The van der Waals surface area contributed by atoms with Crippen LogP contribution in [0.3, 0.4) is 0 Å². The summed E-state index contributed by atoms with van der Waals surface area (Å²) >= 11 is 1.25. The van der Waals surface area contributed by atoms with Gasteiger partial charge in [0.25, 0.3) is 0 Å². The number of methoxy groups -OCH3 is 1. The summed E-state index contributed by atoms with van der Waals surface area (Å²) in [6, 6.07) is 6.78. The maximum absolute atomic E-state index is 12.0. The van der Waals surface area contributed by atoms with Gasteiger partial charge in [-0.15, -0.1) is 0 Å². The lowest BCUT2D eigenvalue weighted by molar-refractivity contribution is -0.138. The van der Waals surface area contributed by atoms with Gasteiger partial charge in [0.2, 0.25) is 5.91 Å². The molecule has 0 aliphatic carbocycles. The molecule has 0 bridgehead atoms. The number of hydrogen-bond donors (Lipinski definition) is 1. The second-order valence-corrected chi connectivity index (χ2v) is 9.41. The van der Waals surface area contributed by atoms with Gasteiger partial charge in [-0.2, -0.15) is 4.99 Å². The van der Waals surface area contributed by atoms with Crippen LogP contribution in [0, 0.1) is 0 Å². The van der Waals surface area contributed by atoms with Crippen LogP contribution in [0.2, 0.25) is 0 Å². The van der Waals surface area contributed by atoms with Crippen molar-refractivity contribution in [2.24, 2.45) is 4.99 Å². The van der Waals surface area contributed by atoms with Crippen molar-refractivity contribution in [3.8, 4) is 5.75 Å². The van der Waals surface area contributed by atoms with Crippen molar-refractivity contribution < 1.29 is 27.9 Å². The number of amides is 1. The molecule has 1 aromatic carbocycles. The molecule has 2 atom stereocenters. The normalized spacial score (nSPS) is 25.3. The number of hydrogen-bond acceptors (Lipinski definition) is 6. The molecule has 2 heterocycles. The lowest BCUT2D eigenvalue weighted by Crippen LogP contribution is -2.37. The molecule has 2 saturated heterocycles. The van der Waals surface area contributed by atoms with Crippen LogP contribution in [0.1, 0.15) is 12.8 Å². The third-order valence-electron chi connectivity index (χ3n) is 4.17. The number of amidine groups is 1. The number of fused-ring (bicyclic) bond motifs is 1. The van der Waals surface area contributed by atoms with Crippen LogP contribution in [0.4, 0.5) is 5.69 Å². The first-order valence-corrected chi connectivity index (χ1v) is 10.6. The Morgan fingerprint density at radius 2 is 2.12 bits per heavy atom. The molecule has 1 amide bonds. The molecule has 140 valence electrons. The predicted molar refractivity (Wildman–Crippen MR) is 98.6 cm³/mol. The Kier molecular flexibility index (Phi) is 5.24. The first-order chi connectivity index (χ1) is 12.3. The van der Waals surface area contributed by atoms with Crippen molar-refractivity contribution in [1.29, 1.82) is 0 Å². The van der Waals surface area contributed by atoms with E-state index in [4.69, 9.17) is 9.84 Å². The number of anilines is 1. The Hall–Kier alpha value is -2.07. The summed E-state index contributed by atoms with van der Waals surface area (Å²) in [5.41, 5.74) is 0.686. The molecule has 2 aliphatic rings. The largest absolute Gasteiger partial charge is 0.497 e. The number of thioether (sulfide) groups is 1. The maximum atomic E-state index is 12.0. The van der Waals surface area contributed by atoms with Crippen LogP contribution in [-0.2, 0) is 19.4 Å². The average Bonchev–Trinajstić information content (AvgIpc) is 3.03. The van der Waals surface area contributed by atoms with E-state index in [1.165, 1.54) is 18.9 Å². The third-order valence-corrected chi connectivity index (χ3v) is 7.38. The minimum atomic E-state index is -3.15. The Morgan fingerprint density at radius 3 is 2.81 bits per heavy atom. The first kappa shape index (κ1) is 18.7. The van der Waals surface area contributed by atoms with Crippen LogP contribution in [0.25, 0.3) is 0 Å². The molecule has 0 radical (unpaired) electrons. The molecule has 3 rings (SSSR count). The van der Waals surface area contributed by atoms with E-state index in [2.05, 4.69) is 4.99 Å². The molecular formula is C16H18N2O6S2. The number of carboxylic acids is 1. The lowest BCUT2D eigenvalue weighted by Gasteiger charge is -2.24. The zero-order chi connectivity index (χ0) is 18.9. The van der Waals surface area contributed by atoms with E-state index in [9.17, 15) is 18.0 Å². The highest BCUT2D eigenvalue weighted by Crippen LogP contribution is 2.41. The summed E-state index contributed by atoms with van der Waals surface area (Å²) < 4.78 is 29.3. The van der Waals surface area contributed by atoms with Crippen LogP contribution >= 0.6 is 11.8 Å². The topological polar surface area (TPSA) is 113 Å². The van der Waals surface area contributed by atoms with Gasteiger partial charge in [0.05, 0.1) is 31.1 Å². The minimum Gasteiger partial charge on any atom is -0.497 e. The zero-order valence-corrected chi connectivity index (χ0v) is 15.6. The van der Waals surface area contributed by atoms with Crippen LogP contribution < -0.4 is 9.64 Å². The number of carboxylic acid groups (broad SMARTS) is 1. The molecule has 8 nitrogen and oxygen atoms in total. The molecule has 0 spiro atoms. The Bertz CT molecular complexity index is 867. The molecule has 1 N–H and O–H groups in total. The number of ether oxygens (including phenoxy) is 1. The molecule has 26 heavy (non-hydrogen) atoms. The molecule has 2 fully saturated rings. The van der Waals surface area contributed by atoms with E-state index in [-0.39, 0.29) is 35.6 Å². The number of aliphatic carboxylic acids is 1. The summed E-state index contributed by atoms with van der Waals surface area (Å²) in [5, 5.41) is 8.89. The highest BCUT2D eigenvalue weighted by molar-refractivity contribution is 8.16. The van der Waals surface area contributed by atoms with Gasteiger partial charge in [-0.3, -0.25) is 9.59 Å². The predicted octanol–water partition coefficient (Wildman–Crippen LogP) is 1.16. The molecule has 0 aromatic heterocycles. The monoisotopic (exact) mass is 398 g/mol. The maximum Gasteiger partial charge on any atom is 0.303 e. The van der Waals surface area contributed by atoms with E-state index in [1.807, 2.05) is 0 Å². The van der Waals surface area contributed by atoms with Crippen molar-refractivity contribution in [1.82, 2.24) is 0 Å². The Balaban J connectivity index is 1.93. The van der Waals surface area contributed by atoms with Gasteiger partial charge in [-0.25, -0.2) is 8.42 Å². The quantitative estimate of drug-likeness (QED) is 0.786. The third kappa shape index (κ3) is 4.01. The Labute approximate surface area is 155 Å². The fourth-order valence-corrected chi connectivity index (χ4v) is 6.93. The zero-order valence-electron chi connectivity index (χ0n) is 14.0. The number of aliphatic imine (C=N–C) groups is 1. The lowest BCUT2D eigenvalue weighted by atomic mass is 10.2. The summed E-state index contributed by atoms with van der Waals surface area (Å²) in [6.07, 6.45) is -0.486. The second kappa shape index (κ2) is 7.28. The molecule has 2 aliphatic heterocycles. The standard InChI is InChI=1S/C16H18N2O6S2/c1-24-11-4-2-3-10(7-11)18-12-8-26(22,23)9-13(12)25-16(18)17-14(19)5-6-15(20)21/h2-4,7,12-13H,5-6,8-9H2,1H3,(H,20,21). The number of rotatable bonds is 5. The molecule has 0 saturated carbocycles. The van der Waals surface area contributed by atoms with Crippen molar-refractivity contribution >= 4 is 44.3 Å². The molecule has 2 unspecified atom stereocenters. The van der Waals surface area contributed by atoms with Gasteiger partial charge in [-0.05, 0) is 12.1 Å². The highest BCUT2D eigenvalue weighted by atomic mass is 32.2. The van der Waals surface area contributed by atoms with Gasteiger partial charge in [0.1, 0.15) is 5.75 Å². The fourth-order valence-electron chi connectivity index (χ4n) is 3.00. The number of sulfone groups is 1. The van der Waals surface area contributed by atoms with Gasteiger partial charge < -0.3 is 14.7 Å². The van der Waals surface area contributed by atoms with Crippen molar-refractivity contribution in [3.05, 3.63) is 24.3 Å². The SMILES string of the molecule is COc1cccc(N2C(=NC(=O)CCC(=O)O)SC3CS(=O)(=O)CC32)c1. The van der Waals surface area contributed by atoms with Crippen LogP contribution in [0.5, 0.6) is 5.75 Å². The Morgan fingerprint density at radius 1 is 1.35 bits per heavy atom.